The van der Waals surface area contributed by atoms with Crippen LogP contribution in [0.15, 0.2) is 60.0 Å². The van der Waals surface area contributed by atoms with Crippen LogP contribution in [-0.4, -0.2) is 46.3 Å². The number of amides is 2. The zero-order valence-electron chi connectivity index (χ0n) is 18.7. The van der Waals surface area contributed by atoms with Gasteiger partial charge in [0.05, 0.1) is 6.61 Å². The number of piperidine rings is 1. The molecule has 1 aliphatic rings. The predicted octanol–water partition coefficient (Wildman–Crippen LogP) is 3.17. The molecular weight excluding hydrogens is 420 g/mol. The maximum Gasteiger partial charge on any atom is 0.319 e. The summed E-state index contributed by atoms with van der Waals surface area (Å²) in [5, 5.41) is 5.87. The summed E-state index contributed by atoms with van der Waals surface area (Å²) in [6, 6.07) is 10.7. The molecule has 2 aromatic heterocycles. The van der Waals surface area contributed by atoms with E-state index in [1.165, 1.54) is 0 Å². The Kier molecular flexibility index (Phi) is 6.87. The van der Waals surface area contributed by atoms with Crippen molar-refractivity contribution in [2.75, 3.05) is 29.9 Å². The van der Waals surface area contributed by atoms with E-state index in [2.05, 4.69) is 27.2 Å². The second kappa shape index (κ2) is 10.2. The van der Waals surface area contributed by atoms with Crippen LogP contribution in [0.1, 0.15) is 19.8 Å². The average Bonchev–Trinajstić information content (AvgIpc) is 2.83. The Morgan fingerprint density at radius 3 is 2.70 bits per heavy atom. The lowest BCUT2D eigenvalue weighted by Crippen LogP contribution is -2.47. The van der Waals surface area contributed by atoms with E-state index in [9.17, 15) is 9.59 Å². The van der Waals surface area contributed by atoms with Gasteiger partial charge in [0.1, 0.15) is 11.3 Å². The highest BCUT2D eigenvalue weighted by Gasteiger charge is 2.24. The number of pyridine rings is 1. The van der Waals surface area contributed by atoms with Crippen LogP contribution in [0.4, 0.5) is 16.3 Å². The minimum atomic E-state index is -0.249. The van der Waals surface area contributed by atoms with Crippen molar-refractivity contribution in [3.8, 4) is 5.75 Å². The van der Waals surface area contributed by atoms with Gasteiger partial charge in [-0.1, -0.05) is 6.08 Å². The third kappa shape index (κ3) is 5.14. The fraction of sp³-hybridized carbons (Fsp3) is 0.333. The molecule has 3 aromatic rings. The quantitative estimate of drug-likeness (QED) is 0.539. The van der Waals surface area contributed by atoms with E-state index in [4.69, 9.17) is 4.74 Å². The lowest BCUT2D eigenvalue weighted by Gasteiger charge is -2.33. The van der Waals surface area contributed by atoms with Crippen LogP contribution in [0.2, 0.25) is 0 Å². The molecule has 0 spiro atoms. The number of hydrogen-bond acceptors (Lipinski definition) is 6. The topological polar surface area (TPSA) is 101 Å². The Labute approximate surface area is 192 Å². The smallest absolute Gasteiger partial charge is 0.319 e. The number of carbonyl (C=O) groups is 1. The van der Waals surface area contributed by atoms with Crippen molar-refractivity contribution in [1.29, 1.82) is 0 Å². The normalized spacial score (nSPS) is 14.2. The van der Waals surface area contributed by atoms with Gasteiger partial charge in [-0.3, -0.25) is 9.36 Å². The molecule has 1 aliphatic heterocycles. The molecule has 1 fully saturated rings. The van der Waals surface area contributed by atoms with Crippen LogP contribution in [0, 0.1) is 0 Å². The summed E-state index contributed by atoms with van der Waals surface area (Å²) in [5.41, 5.74) is 1.74. The molecular formula is C24H28N6O3. The fourth-order valence-corrected chi connectivity index (χ4v) is 3.96. The number of aromatic nitrogens is 3. The van der Waals surface area contributed by atoms with Crippen molar-refractivity contribution in [3.05, 3.63) is 65.6 Å². The Hall–Kier alpha value is -3.88. The predicted molar refractivity (Wildman–Crippen MR) is 129 cm³/mol. The lowest BCUT2D eigenvalue weighted by molar-refractivity contribution is 0.246. The second-order valence-corrected chi connectivity index (χ2v) is 7.80. The molecule has 0 aliphatic carbocycles. The highest BCUT2D eigenvalue weighted by atomic mass is 16.5. The number of allylic oxidation sites excluding steroid dienone is 1. The Balaban J connectivity index is 1.38. The summed E-state index contributed by atoms with van der Waals surface area (Å²) >= 11 is 0. The van der Waals surface area contributed by atoms with E-state index in [1.54, 1.807) is 22.9 Å². The molecule has 0 atom stereocenters. The molecule has 0 bridgehead atoms. The van der Waals surface area contributed by atoms with Crippen molar-refractivity contribution in [1.82, 2.24) is 19.9 Å². The second-order valence-electron chi connectivity index (χ2n) is 7.80. The molecule has 0 saturated carbocycles. The first-order valence-corrected chi connectivity index (χ1v) is 11.1. The summed E-state index contributed by atoms with van der Waals surface area (Å²) in [6.07, 6.45) is 4.76. The zero-order valence-corrected chi connectivity index (χ0v) is 18.7. The molecule has 4 rings (SSSR count). The van der Waals surface area contributed by atoms with Gasteiger partial charge in [-0.05, 0) is 56.2 Å². The summed E-state index contributed by atoms with van der Waals surface area (Å²) < 4.78 is 7.01. The number of rotatable bonds is 7. The molecule has 9 heteroatoms. The van der Waals surface area contributed by atoms with Gasteiger partial charge in [-0.2, -0.15) is 0 Å². The summed E-state index contributed by atoms with van der Waals surface area (Å²) in [4.78, 5) is 36.4. The maximum atomic E-state index is 13.1. The van der Waals surface area contributed by atoms with Gasteiger partial charge in [-0.25, -0.2) is 14.8 Å². The average molecular weight is 449 g/mol. The van der Waals surface area contributed by atoms with Crippen LogP contribution >= 0.6 is 0 Å². The van der Waals surface area contributed by atoms with Crippen LogP contribution in [0.25, 0.3) is 11.2 Å². The first-order valence-electron chi connectivity index (χ1n) is 11.1. The molecule has 3 heterocycles. The minimum absolute atomic E-state index is 0.0153. The van der Waals surface area contributed by atoms with Crippen molar-refractivity contribution in [2.45, 2.75) is 32.4 Å². The molecule has 172 valence electrons. The molecule has 1 saturated heterocycles. The minimum Gasteiger partial charge on any atom is -0.494 e. The fourth-order valence-electron chi connectivity index (χ4n) is 3.96. The third-order valence-electron chi connectivity index (χ3n) is 5.55. The Morgan fingerprint density at radius 1 is 1.24 bits per heavy atom. The number of urea groups is 1. The van der Waals surface area contributed by atoms with E-state index >= 15 is 0 Å². The van der Waals surface area contributed by atoms with Crippen LogP contribution in [0.3, 0.4) is 0 Å². The zero-order chi connectivity index (χ0) is 23.2. The Morgan fingerprint density at radius 2 is 2.00 bits per heavy atom. The maximum absolute atomic E-state index is 13.1. The molecule has 2 N–H and O–H groups in total. The van der Waals surface area contributed by atoms with Gasteiger partial charge >= 0.3 is 6.03 Å². The number of nitrogens with one attached hydrogen (secondary N) is 2. The standard InChI is InChI=1S/C24H28N6O3/c1-3-14-30-21-20(6-5-13-25-21)28-22(23(30)31)29-15-11-18(12-16-29)27-24(32)26-17-7-9-19(10-8-17)33-4-2/h3,5-10,13,18H,1,4,11-12,14-16H2,2H3,(H2,26,27,32). The number of hydrogen-bond donors (Lipinski definition) is 2. The molecule has 2 amide bonds. The van der Waals surface area contributed by atoms with Gasteiger partial charge in [0.15, 0.2) is 11.5 Å². The van der Waals surface area contributed by atoms with Gasteiger partial charge in [0.2, 0.25) is 0 Å². The van der Waals surface area contributed by atoms with Crippen molar-refractivity contribution in [2.24, 2.45) is 0 Å². The van der Waals surface area contributed by atoms with E-state index in [-0.39, 0.29) is 17.6 Å². The van der Waals surface area contributed by atoms with Crippen LogP contribution < -0.4 is 25.8 Å². The number of fused-ring (bicyclic) bond motifs is 1. The molecule has 0 unspecified atom stereocenters. The first kappa shape index (κ1) is 22.3. The number of carbonyl (C=O) groups excluding carboxylic acids is 1. The van der Waals surface area contributed by atoms with E-state index in [0.29, 0.717) is 61.8 Å². The lowest BCUT2D eigenvalue weighted by atomic mass is 10.1. The number of anilines is 2. The highest BCUT2D eigenvalue weighted by Crippen LogP contribution is 2.19. The summed E-state index contributed by atoms with van der Waals surface area (Å²) in [7, 11) is 0. The highest BCUT2D eigenvalue weighted by molar-refractivity contribution is 5.89. The van der Waals surface area contributed by atoms with Gasteiger partial charge < -0.3 is 20.3 Å². The van der Waals surface area contributed by atoms with Crippen molar-refractivity contribution < 1.29 is 9.53 Å². The number of nitrogens with zero attached hydrogens (tertiary/aromatic N) is 4. The first-order chi connectivity index (χ1) is 16.1. The van der Waals surface area contributed by atoms with Crippen molar-refractivity contribution in [3.63, 3.8) is 0 Å². The largest absolute Gasteiger partial charge is 0.494 e. The van der Waals surface area contributed by atoms with Gasteiger partial charge in [0, 0.05) is 37.6 Å². The Bertz CT molecular complexity index is 1180. The number of ether oxygens (including phenoxy) is 1. The van der Waals surface area contributed by atoms with Crippen LogP contribution in [-0.2, 0) is 6.54 Å². The summed E-state index contributed by atoms with van der Waals surface area (Å²) in [5.74, 6) is 1.18. The summed E-state index contributed by atoms with van der Waals surface area (Å²) in [6.45, 7) is 7.88. The van der Waals surface area contributed by atoms with E-state index < -0.39 is 0 Å². The third-order valence-corrected chi connectivity index (χ3v) is 5.55. The van der Waals surface area contributed by atoms with Crippen molar-refractivity contribution >= 4 is 28.7 Å². The van der Waals surface area contributed by atoms with Crippen LogP contribution in [0.5, 0.6) is 5.75 Å². The molecule has 0 radical (unpaired) electrons. The monoisotopic (exact) mass is 448 g/mol. The molecule has 33 heavy (non-hydrogen) atoms. The molecule has 9 nitrogen and oxygen atoms in total. The van der Waals surface area contributed by atoms with Gasteiger partial charge in [0.25, 0.3) is 5.56 Å². The molecule has 1 aromatic carbocycles. The SMILES string of the molecule is C=CCn1c(=O)c(N2CCC(NC(=O)Nc3ccc(OCC)cc3)CC2)nc2cccnc21. The number of benzene rings is 1. The van der Waals surface area contributed by atoms with Gasteiger partial charge in [-0.15, -0.1) is 6.58 Å². The van der Waals surface area contributed by atoms with E-state index in [1.807, 2.05) is 42.2 Å². The van der Waals surface area contributed by atoms with E-state index in [0.717, 1.165) is 5.75 Å².